The minimum atomic E-state index is -4.15. The first-order valence-electron chi connectivity index (χ1n) is 5.32. The zero-order valence-corrected chi connectivity index (χ0v) is 10.7. The molecule has 0 saturated carbocycles. The largest absolute Gasteiger partial charge is 0.396 e. The van der Waals surface area contributed by atoms with E-state index in [9.17, 15) is 21.6 Å². The second kappa shape index (κ2) is 5.04. The van der Waals surface area contributed by atoms with Gasteiger partial charge < -0.3 is 5.73 Å². The number of anilines is 2. The van der Waals surface area contributed by atoms with E-state index in [-0.39, 0.29) is 10.6 Å². The van der Waals surface area contributed by atoms with Crippen molar-refractivity contribution in [1.29, 1.82) is 0 Å². The number of benzene rings is 2. The van der Waals surface area contributed by atoms with Crippen molar-refractivity contribution in [3.8, 4) is 0 Å². The van der Waals surface area contributed by atoms with E-state index in [1.165, 1.54) is 0 Å². The molecule has 0 fully saturated rings. The Hall–Kier alpha value is -2.22. The van der Waals surface area contributed by atoms with Crippen LogP contribution in [-0.4, -0.2) is 8.42 Å². The number of hydrogen-bond donors (Lipinski definition) is 2. The lowest BCUT2D eigenvalue weighted by Gasteiger charge is -2.09. The molecular formula is C12H9F3N2O2S. The van der Waals surface area contributed by atoms with Crippen molar-refractivity contribution < 1.29 is 21.6 Å². The molecule has 0 aromatic heterocycles. The first-order valence-corrected chi connectivity index (χ1v) is 6.81. The summed E-state index contributed by atoms with van der Waals surface area (Å²) in [6.45, 7) is 0. The molecule has 8 heteroatoms. The fourth-order valence-electron chi connectivity index (χ4n) is 1.46. The number of nitrogens with two attached hydrogens (primary N) is 1. The van der Waals surface area contributed by atoms with Gasteiger partial charge >= 0.3 is 0 Å². The molecule has 0 spiro atoms. The molecule has 20 heavy (non-hydrogen) atoms. The summed E-state index contributed by atoms with van der Waals surface area (Å²) in [5.41, 5.74) is 4.49. The number of nitrogens with one attached hydrogen (secondary N) is 1. The van der Waals surface area contributed by atoms with Gasteiger partial charge in [0.2, 0.25) is 0 Å². The highest BCUT2D eigenvalue weighted by molar-refractivity contribution is 7.92. The maximum absolute atomic E-state index is 13.4. The Balaban J connectivity index is 2.38. The summed E-state index contributed by atoms with van der Waals surface area (Å²) < 4.78 is 64.9. The molecule has 2 aromatic rings. The van der Waals surface area contributed by atoms with Crippen molar-refractivity contribution >= 4 is 21.4 Å². The Labute approximate surface area is 113 Å². The SMILES string of the molecule is Nc1cc(S(=O)(=O)Nc2ccc(F)cc2F)ccc1F. The summed E-state index contributed by atoms with van der Waals surface area (Å²) in [6.07, 6.45) is 0. The van der Waals surface area contributed by atoms with E-state index in [1.807, 2.05) is 4.72 Å². The average molecular weight is 302 g/mol. The predicted molar refractivity (Wildman–Crippen MR) is 68.0 cm³/mol. The van der Waals surface area contributed by atoms with E-state index in [0.29, 0.717) is 6.07 Å². The maximum atomic E-state index is 13.4. The van der Waals surface area contributed by atoms with Crippen molar-refractivity contribution in [2.24, 2.45) is 0 Å². The fourth-order valence-corrected chi connectivity index (χ4v) is 2.57. The highest BCUT2D eigenvalue weighted by Gasteiger charge is 2.17. The summed E-state index contributed by atoms with van der Waals surface area (Å²) in [4.78, 5) is -0.333. The quantitative estimate of drug-likeness (QED) is 0.856. The first kappa shape index (κ1) is 14.2. The molecule has 0 atom stereocenters. The molecule has 4 nitrogen and oxygen atoms in total. The van der Waals surface area contributed by atoms with Crippen LogP contribution in [0.3, 0.4) is 0 Å². The molecule has 0 aliphatic heterocycles. The lowest BCUT2D eigenvalue weighted by Crippen LogP contribution is -2.14. The summed E-state index contributed by atoms with van der Waals surface area (Å²) in [5, 5.41) is 0. The standard InChI is InChI=1S/C12H9F3N2O2S/c13-7-1-4-12(10(15)5-7)17-20(18,19)8-2-3-9(14)11(16)6-8/h1-6,17H,16H2. The molecule has 0 heterocycles. The Bertz CT molecular complexity index is 763. The van der Waals surface area contributed by atoms with Gasteiger partial charge in [-0.2, -0.15) is 0 Å². The van der Waals surface area contributed by atoms with E-state index >= 15 is 0 Å². The highest BCUT2D eigenvalue weighted by atomic mass is 32.2. The van der Waals surface area contributed by atoms with Crippen LogP contribution in [0.2, 0.25) is 0 Å². The molecule has 0 bridgehead atoms. The van der Waals surface area contributed by atoms with E-state index < -0.39 is 33.2 Å². The lowest BCUT2D eigenvalue weighted by molar-refractivity contribution is 0.582. The van der Waals surface area contributed by atoms with Crippen LogP contribution in [0.1, 0.15) is 0 Å². The number of halogens is 3. The second-order valence-corrected chi connectivity index (χ2v) is 5.60. The van der Waals surface area contributed by atoms with Crippen LogP contribution in [0.25, 0.3) is 0 Å². The molecule has 2 aromatic carbocycles. The Morgan fingerprint density at radius 2 is 1.65 bits per heavy atom. The minimum absolute atomic E-state index is 0.333. The molecule has 0 aliphatic carbocycles. The second-order valence-electron chi connectivity index (χ2n) is 3.91. The summed E-state index contributed by atoms with van der Waals surface area (Å²) in [6, 6.07) is 5.14. The van der Waals surface area contributed by atoms with Crippen molar-refractivity contribution in [2.45, 2.75) is 4.90 Å². The minimum Gasteiger partial charge on any atom is -0.396 e. The third-order valence-corrected chi connectivity index (χ3v) is 3.82. The molecular weight excluding hydrogens is 293 g/mol. The Morgan fingerprint density at radius 1 is 0.950 bits per heavy atom. The van der Waals surface area contributed by atoms with Crippen LogP contribution in [-0.2, 0) is 10.0 Å². The molecule has 0 unspecified atom stereocenters. The molecule has 106 valence electrons. The normalized spacial score (nSPS) is 11.3. The van der Waals surface area contributed by atoms with Gasteiger partial charge in [-0.15, -0.1) is 0 Å². The molecule has 2 rings (SSSR count). The maximum Gasteiger partial charge on any atom is 0.262 e. The van der Waals surface area contributed by atoms with Gasteiger partial charge in [0.05, 0.1) is 16.3 Å². The number of sulfonamides is 1. The van der Waals surface area contributed by atoms with E-state index in [2.05, 4.69) is 0 Å². The summed E-state index contributed by atoms with van der Waals surface area (Å²) in [5.74, 6) is -2.67. The van der Waals surface area contributed by atoms with E-state index in [0.717, 1.165) is 30.3 Å². The van der Waals surface area contributed by atoms with Crippen molar-refractivity contribution in [2.75, 3.05) is 10.5 Å². The monoisotopic (exact) mass is 302 g/mol. The van der Waals surface area contributed by atoms with Gasteiger partial charge in [-0.25, -0.2) is 21.6 Å². The predicted octanol–water partition coefficient (Wildman–Crippen LogP) is 2.49. The van der Waals surface area contributed by atoms with Crippen molar-refractivity contribution in [1.82, 2.24) is 0 Å². The molecule has 0 radical (unpaired) electrons. The molecule has 0 saturated heterocycles. The van der Waals surface area contributed by atoms with Crippen LogP contribution < -0.4 is 10.5 Å². The Kier molecular flexibility index (Phi) is 3.58. The van der Waals surface area contributed by atoms with Gasteiger partial charge in [0.1, 0.15) is 17.5 Å². The number of hydrogen-bond acceptors (Lipinski definition) is 3. The van der Waals surface area contributed by atoms with Crippen LogP contribution in [0, 0.1) is 17.5 Å². The molecule has 3 N–H and O–H groups in total. The highest BCUT2D eigenvalue weighted by Crippen LogP contribution is 2.22. The van der Waals surface area contributed by atoms with Crippen LogP contribution in [0.4, 0.5) is 24.5 Å². The first-order chi connectivity index (χ1) is 9.29. The van der Waals surface area contributed by atoms with Crippen LogP contribution >= 0.6 is 0 Å². The van der Waals surface area contributed by atoms with Gasteiger partial charge in [0, 0.05) is 6.07 Å². The third kappa shape index (κ3) is 2.85. The molecule has 0 aliphatic rings. The molecule has 0 amide bonds. The number of nitrogen functional groups attached to an aromatic ring is 1. The number of rotatable bonds is 3. The van der Waals surface area contributed by atoms with Gasteiger partial charge in [0.25, 0.3) is 10.0 Å². The van der Waals surface area contributed by atoms with Crippen LogP contribution in [0.15, 0.2) is 41.3 Å². The van der Waals surface area contributed by atoms with Gasteiger partial charge in [-0.1, -0.05) is 0 Å². The van der Waals surface area contributed by atoms with Crippen molar-refractivity contribution in [3.05, 3.63) is 53.8 Å². The lowest BCUT2D eigenvalue weighted by atomic mass is 10.3. The summed E-state index contributed by atoms with van der Waals surface area (Å²) in [7, 11) is -4.15. The van der Waals surface area contributed by atoms with Crippen molar-refractivity contribution in [3.63, 3.8) is 0 Å². The topological polar surface area (TPSA) is 72.2 Å². The van der Waals surface area contributed by atoms with E-state index in [1.54, 1.807) is 0 Å². The smallest absolute Gasteiger partial charge is 0.262 e. The third-order valence-electron chi connectivity index (χ3n) is 2.45. The van der Waals surface area contributed by atoms with Gasteiger partial charge in [-0.3, -0.25) is 4.72 Å². The average Bonchev–Trinajstić information content (AvgIpc) is 2.36. The zero-order valence-electron chi connectivity index (χ0n) is 9.90. The van der Waals surface area contributed by atoms with Gasteiger partial charge in [-0.05, 0) is 30.3 Å². The zero-order chi connectivity index (χ0) is 14.9. The Morgan fingerprint density at radius 3 is 2.25 bits per heavy atom. The van der Waals surface area contributed by atoms with Gasteiger partial charge in [0.15, 0.2) is 0 Å². The fraction of sp³-hybridized carbons (Fsp3) is 0. The summed E-state index contributed by atoms with van der Waals surface area (Å²) >= 11 is 0. The van der Waals surface area contributed by atoms with E-state index in [4.69, 9.17) is 5.73 Å². The van der Waals surface area contributed by atoms with Crippen LogP contribution in [0.5, 0.6) is 0 Å².